The molecule has 0 unspecified atom stereocenters. The number of halogens is 2. The van der Waals surface area contributed by atoms with Crippen molar-refractivity contribution in [3.63, 3.8) is 0 Å². The Hall–Kier alpha value is -1.80. The first kappa shape index (κ1) is 20.9. The van der Waals surface area contributed by atoms with Gasteiger partial charge in [0.25, 0.3) is 5.91 Å². The summed E-state index contributed by atoms with van der Waals surface area (Å²) < 4.78 is 33.0. The van der Waals surface area contributed by atoms with Gasteiger partial charge >= 0.3 is 0 Å². The van der Waals surface area contributed by atoms with Crippen molar-refractivity contribution in [2.24, 2.45) is 0 Å². The summed E-state index contributed by atoms with van der Waals surface area (Å²) in [4.78, 5) is 12.1. The predicted molar refractivity (Wildman–Crippen MR) is 110 cm³/mol. The molecule has 0 aromatic heterocycles. The highest BCUT2D eigenvalue weighted by atomic mass is 35.5. The van der Waals surface area contributed by atoms with Gasteiger partial charge < -0.3 is 10.1 Å². The molecule has 0 saturated heterocycles. The molecule has 2 aromatic carbocycles. The van der Waals surface area contributed by atoms with Crippen LogP contribution in [0.5, 0.6) is 5.75 Å². The molecule has 3 rings (SSSR count). The van der Waals surface area contributed by atoms with E-state index < -0.39 is 15.9 Å². The smallest absolute Gasteiger partial charge is 0.262 e. The molecule has 1 aliphatic carbocycles. The molecule has 1 fully saturated rings. The van der Waals surface area contributed by atoms with Gasteiger partial charge in [0.15, 0.2) is 6.61 Å². The first-order valence-corrected chi connectivity index (χ1v) is 11.1. The number of hydrogen-bond donors (Lipinski definition) is 2. The summed E-state index contributed by atoms with van der Waals surface area (Å²) in [6.07, 6.45) is 3.74. The van der Waals surface area contributed by atoms with Gasteiger partial charge in [-0.15, -0.1) is 0 Å². The highest BCUT2D eigenvalue weighted by Crippen LogP contribution is 2.28. The monoisotopic (exact) mass is 442 g/mol. The fourth-order valence-corrected chi connectivity index (χ4v) is 4.82. The Kier molecular flexibility index (Phi) is 6.82. The molecule has 0 heterocycles. The number of amides is 1. The summed E-state index contributed by atoms with van der Waals surface area (Å²) in [5.41, 5.74) is 0.548. The fourth-order valence-electron chi connectivity index (χ4n) is 3.00. The Balaban J connectivity index is 1.60. The topological polar surface area (TPSA) is 84.5 Å². The zero-order valence-electron chi connectivity index (χ0n) is 15.0. The number of carbonyl (C=O) groups excluding carboxylic acids is 1. The lowest BCUT2D eigenvalue weighted by molar-refractivity contribution is -0.118. The number of rotatable bonds is 7. The van der Waals surface area contributed by atoms with Crippen molar-refractivity contribution in [3.8, 4) is 5.75 Å². The van der Waals surface area contributed by atoms with Gasteiger partial charge in [0, 0.05) is 16.8 Å². The largest absolute Gasteiger partial charge is 0.482 e. The molecule has 1 saturated carbocycles. The van der Waals surface area contributed by atoms with Gasteiger partial charge in [-0.1, -0.05) is 42.1 Å². The molecule has 1 amide bonds. The van der Waals surface area contributed by atoms with Gasteiger partial charge in [-0.25, -0.2) is 13.1 Å². The van der Waals surface area contributed by atoms with E-state index >= 15 is 0 Å². The molecular formula is C19H20Cl2N2O4S. The Bertz CT molecular complexity index is 960. The maximum absolute atomic E-state index is 12.5. The summed E-state index contributed by atoms with van der Waals surface area (Å²) in [6, 6.07) is 10.9. The van der Waals surface area contributed by atoms with E-state index in [1.165, 1.54) is 18.2 Å². The Morgan fingerprint density at radius 1 is 1.11 bits per heavy atom. The maximum atomic E-state index is 12.5. The molecule has 1 aliphatic rings. The summed E-state index contributed by atoms with van der Waals surface area (Å²) >= 11 is 12.0. The van der Waals surface area contributed by atoms with E-state index in [9.17, 15) is 13.2 Å². The predicted octanol–water partition coefficient (Wildman–Crippen LogP) is 4.23. The van der Waals surface area contributed by atoms with Crippen molar-refractivity contribution in [1.82, 2.24) is 4.72 Å². The second-order valence-corrected chi connectivity index (χ2v) is 9.10. The van der Waals surface area contributed by atoms with Crippen LogP contribution in [0.3, 0.4) is 0 Å². The average molecular weight is 443 g/mol. The maximum Gasteiger partial charge on any atom is 0.262 e. The lowest BCUT2D eigenvalue weighted by Gasteiger charge is -2.14. The molecule has 0 atom stereocenters. The van der Waals surface area contributed by atoms with Crippen molar-refractivity contribution in [3.05, 3.63) is 52.5 Å². The lowest BCUT2D eigenvalue weighted by Crippen LogP contribution is -2.32. The van der Waals surface area contributed by atoms with Crippen LogP contribution in [-0.4, -0.2) is 27.0 Å². The first-order chi connectivity index (χ1) is 13.3. The van der Waals surface area contributed by atoms with Gasteiger partial charge in [-0.3, -0.25) is 4.79 Å². The summed E-state index contributed by atoms with van der Waals surface area (Å²) in [5, 5.41) is 3.27. The summed E-state index contributed by atoms with van der Waals surface area (Å²) in [6.45, 7) is -0.279. The molecule has 0 radical (unpaired) electrons. The van der Waals surface area contributed by atoms with Crippen molar-refractivity contribution in [2.45, 2.75) is 36.6 Å². The fraction of sp³-hybridized carbons (Fsp3) is 0.316. The van der Waals surface area contributed by atoms with Crippen molar-refractivity contribution in [2.75, 3.05) is 11.9 Å². The van der Waals surface area contributed by atoms with E-state index in [0.717, 1.165) is 25.7 Å². The minimum Gasteiger partial charge on any atom is -0.482 e. The van der Waals surface area contributed by atoms with Crippen molar-refractivity contribution >= 4 is 44.8 Å². The second kappa shape index (κ2) is 9.13. The molecule has 0 aliphatic heterocycles. The van der Waals surface area contributed by atoms with E-state index in [2.05, 4.69) is 10.0 Å². The molecule has 0 bridgehead atoms. The second-order valence-electron chi connectivity index (χ2n) is 6.54. The molecule has 150 valence electrons. The molecule has 0 spiro atoms. The van der Waals surface area contributed by atoms with Gasteiger partial charge in [-0.2, -0.15) is 0 Å². The Morgan fingerprint density at radius 3 is 2.54 bits per heavy atom. The van der Waals surface area contributed by atoms with Crippen LogP contribution in [0, 0.1) is 0 Å². The number of carbonyl (C=O) groups is 1. The van der Waals surface area contributed by atoms with Crippen LogP contribution in [0.25, 0.3) is 0 Å². The van der Waals surface area contributed by atoms with Gasteiger partial charge in [0.1, 0.15) is 5.75 Å². The first-order valence-electron chi connectivity index (χ1n) is 8.83. The van der Waals surface area contributed by atoms with E-state index in [1.54, 1.807) is 24.3 Å². The van der Waals surface area contributed by atoms with Crippen LogP contribution in [0.4, 0.5) is 5.69 Å². The number of sulfonamides is 1. The van der Waals surface area contributed by atoms with E-state index in [4.69, 9.17) is 27.9 Å². The van der Waals surface area contributed by atoms with Crippen LogP contribution in [0.1, 0.15) is 25.7 Å². The zero-order chi connectivity index (χ0) is 20.1. The van der Waals surface area contributed by atoms with Gasteiger partial charge in [-0.05, 0) is 49.2 Å². The number of hydrogen-bond acceptors (Lipinski definition) is 4. The molecule has 6 nitrogen and oxygen atoms in total. The number of benzene rings is 2. The number of anilines is 1. The van der Waals surface area contributed by atoms with Crippen LogP contribution in [-0.2, 0) is 14.8 Å². The lowest BCUT2D eigenvalue weighted by atomic mass is 10.3. The summed E-state index contributed by atoms with van der Waals surface area (Å²) in [5.74, 6) is -0.166. The minimum atomic E-state index is -3.64. The van der Waals surface area contributed by atoms with Gasteiger partial charge in [0.2, 0.25) is 10.0 Å². The average Bonchev–Trinajstić information content (AvgIpc) is 3.13. The Morgan fingerprint density at radius 2 is 1.86 bits per heavy atom. The SMILES string of the molecule is O=C(COc1ccc(S(=O)(=O)NC2CCCC2)cc1Cl)Nc1cccc(Cl)c1. The molecule has 2 aromatic rings. The quantitative estimate of drug-likeness (QED) is 0.671. The number of nitrogens with one attached hydrogen (secondary N) is 2. The summed E-state index contributed by atoms with van der Waals surface area (Å²) in [7, 11) is -3.64. The molecule has 28 heavy (non-hydrogen) atoms. The number of ether oxygens (including phenoxy) is 1. The molecule has 9 heteroatoms. The third-order valence-electron chi connectivity index (χ3n) is 4.36. The van der Waals surface area contributed by atoms with Gasteiger partial charge in [0.05, 0.1) is 9.92 Å². The van der Waals surface area contributed by atoms with Crippen molar-refractivity contribution in [1.29, 1.82) is 0 Å². The highest BCUT2D eigenvalue weighted by molar-refractivity contribution is 7.89. The van der Waals surface area contributed by atoms with Crippen LogP contribution in [0.15, 0.2) is 47.4 Å². The molecule has 2 N–H and O–H groups in total. The minimum absolute atomic E-state index is 0.0325. The van der Waals surface area contributed by atoms with Crippen LogP contribution in [0.2, 0.25) is 10.0 Å². The third-order valence-corrected chi connectivity index (χ3v) is 6.41. The van der Waals surface area contributed by atoms with E-state index in [1.807, 2.05) is 0 Å². The van der Waals surface area contributed by atoms with E-state index in [-0.39, 0.29) is 28.3 Å². The normalized spacial score (nSPS) is 14.8. The van der Waals surface area contributed by atoms with Crippen LogP contribution >= 0.6 is 23.2 Å². The third kappa shape index (κ3) is 5.61. The highest BCUT2D eigenvalue weighted by Gasteiger charge is 2.23. The standard InChI is InChI=1S/C19H20Cl2N2O4S/c20-13-4-3-7-15(10-13)22-19(24)12-27-18-9-8-16(11-17(18)21)28(25,26)23-14-5-1-2-6-14/h3-4,7-11,14,23H,1-2,5-6,12H2,(H,22,24). The zero-order valence-corrected chi connectivity index (χ0v) is 17.3. The van der Waals surface area contributed by atoms with Crippen molar-refractivity contribution < 1.29 is 17.9 Å². The van der Waals surface area contributed by atoms with E-state index in [0.29, 0.717) is 10.7 Å². The van der Waals surface area contributed by atoms with Crippen LogP contribution < -0.4 is 14.8 Å². The molecular weight excluding hydrogens is 423 g/mol. The Labute approximate surface area is 174 Å².